The number of carbonyl (C=O) groups is 2. The maximum absolute atomic E-state index is 12.5. The number of halogens is 1. The summed E-state index contributed by atoms with van der Waals surface area (Å²) in [6.45, 7) is 7.02. The number of carbonyl (C=O) groups excluding carboxylic acids is 2. The van der Waals surface area contributed by atoms with Crippen LogP contribution in [-0.4, -0.2) is 53.8 Å². The lowest BCUT2D eigenvalue weighted by Crippen LogP contribution is -2.38. The van der Waals surface area contributed by atoms with Gasteiger partial charge in [0.1, 0.15) is 0 Å². The van der Waals surface area contributed by atoms with Crippen LogP contribution in [0.3, 0.4) is 0 Å². The molecule has 2 fully saturated rings. The van der Waals surface area contributed by atoms with E-state index >= 15 is 0 Å². The predicted molar refractivity (Wildman–Crippen MR) is 85.2 cm³/mol. The van der Waals surface area contributed by atoms with E-state index in [0.29, 0.717) is 25.4 Å². The topological polar surface area (TPSA) is 66.6 Å². The second kappa shape index (κ2) is 7.99. The molecule has 0 aromatic rings. The molecule has 2 N–H and O–H groups in total. The Morgan fingerprint density at radius 2 is 2.14 bits per heavy atom. The van der Waals surface area contributed by atoms with Crippen molar-refractivity contribution in [2.75, 3.05) is 26.2 Å². The molecule has 2 saturated heterocycles. The molecule has 0 saturated carbocycles. The van der Waals surface area contributed by atoms with Crippen molar-refractivity contribution in [2.45, 2.75) is 45.6 Å². The van der Waals surface area contributed by atoms with Crippen molar-refractivity contribution in [3.05, 3.63) is 0 Å². The fourth-order valence-electron chi connectivity index (χ4n) is 3.38. The van der Waals surface area contributed by atoms with Crippen molar-refractivity contribution >= 4 is 24.2 Å². The van der Waals surface area contributed by atoms with E-state index in [1.807, 2.05) is 9.80 Å². The van der Waals surface area contributed by atoms with Crippen LogP contribution < -0.4 is 5.73 Å². The molecule has 2 amide bonds. The maximum Gasteiger partial charge on any atom is 0.228 e. The van der Waals surface area contributed by atoms with Gasteiger partial charge in [-0.2, -0.15) is 0 Å². The van der Waals surface area contributed by atoms with Gasteiger partial charge in [0.15, 0.2) is 0 Å². The Morgan fingerprint density at radius 1 is 1.43 bits per heavy atom. The summed E-state index contributed by atoms with van der Waals surface area (Å²) in [7, 11) is 0. The standard InChI is InChI=1S/C15H27N3O2.ClH/c1-3-4-11(2)18-10-13(7-14(18)19)15(20)17-6-5-12(8-16)9-17;/h11-13H,3-10,16H2,1-2H3;1H. The average molecular weight is 318 g/mol. The smallest absolute Gasteiger partial charge is 0.228 e. The highest BCUT2D eigenvalue weighted by Gasteiger charge is 2.39. The van der Waals surface area contributed by atoms with E-state index in [-0.39, 0.29) is 36.2 Å². The Hall–Kier alpha value is -0.810. The molecule has 3 unspecified atom stereocenters. The van der Waals surface area contributed by atoms with E-state index in [1.54, 1.807) is 0 Å². The molecule has 0 bridgehead atoms. The zero-order chi connectivity index (χ0) is 14.7. The zero-order valence-corrected chi connectivity index (χ0v) is 13.9. The molecule has 3 atom stereocenters. The molecule has 21 heavy (non-hydrogen) atoms. The van der Waals surface area contributed by atoms with Crippen LogP contribution in [0.2, 0.25) is 0 Å². The Balaban J connectivity index is 0.00000220. The molecule has 2 rings (SSSR count). The van der Waals surface area contributed by atoms with Crippen LogP contribution >= 0.6 is 12.4 Å². The van der Waals surface area contributed by atoms with Crippen molar-refractivity contribution in [1.82, 2.24) is 9.80 Å². The van der Waals surface area contributed by atoms with Crippen molar-refractivity contribution in [2.24, 2.45) is 17.6 Å². The third-order valence-corrected chi connectivity index (χ3v) is 4.68. The van der Waals surface area contributed by atoms with Gasteiger partial charge in [0.2, 0.25) is 11.8 Å². The monoisotopic (exact) mass is 317 g/mol. The molecule has 0 aliphatic carbocycles. The fraction of sp³-hybridized carbons (Fsp3) is 0.867. The van der Waals surface area contributed by atoms with Gasteiger partial charge in [0, 0.05) is 32.1 Å². The summed E-state index contributed by atoms with van der Waals surface area (Å²) in [6.07, 6.45) is 3.45. The van der Waals surface area contributed by atoms with Gasteiger partial charge < -0.3 is 15.5 Å². The molecular weight excluding hydrogens is 290 g/mol. The van der Waals surface area contributed by atoms with E-state index in [0.717, 1.165) is 32.4 Å². The van der Waals surface area contributed by atoms with Gasteiger partial charge in [0.25, 0.3) is 0 Å². The summed E-state index contributed by atoms with van der Waals surface area (Å²) >= 11 is 0. The Kier molecular flexibility index (Phi) is 6.94. The highest BCUT2D eigenvalue weighted by Crippen LogP contribution is 2.26. The summed E-state index contributed by atoms with van der Waals surface area (Å²) in [5, 5.41) is 0. The number of likely N-dealkylation sites (tertiary alicyclic amines) is 2. The number of nitrogens with two attached hydrogens (primary N) is 1. The van der Waals surface area contributed by atoms with Crippen LogP contribution in [0.25, 0.3) is 0 Å². The quantitative estimate of drug-likeness (QED) is 0.830. The van der Waals surface area contributed by atoms with Crippen molar-refractivity contribution < 1.29 is 9.59 Å². The van der Waals surface area contributed by atoms with E-state index in [9.17, 15) is 9.59 Å². The highest BCUT2D eigenvalue weighted by atomic mass is 35.5. The lowest BCUT2D eigenvalue weighted by molar-refractivity contribution is -0.135. The maximum atomic E-state index is 12.5. The van der Waals surface area contributed by atoms with E-state index in [1.165, 1.54) is 0 Å². The average Bonchev–Trinajstić information content (AvgIpc) is 3.04. The number of nitrogens with zero attached hydrogens (tertiary/aromatic N) is 2. The molecule has 0 aromatic heterocycles. The lowest BCUT2D eigenvalue weighted by atomic mass is 10.1. The first-order valence-corrected chi connectivity index (χ1v) is 7.85. The van der Waals surface area contributed by atoms with Gasteiger partial charge >= 0.3 is 0 Å². The SMILES string of the molecule is CCCC(C)N1CC(C(=O)N2CCC(CN)C2)CC1=O.Cl. The molecule has 0 spiro atoms. The third-order valence-electron chi connectivity index (χ3n) is 4.68. The second-order valence-electron chi connectivity index (χ2n) is 6.26. The number of amides is 2. The number of rotatable bonds is 5. The van der Waals surface area contributed by atoms with Crippen molar-refractivity contribution in [3.8, 4) is 0 Å². The summed E-state index contributed by atoms with van der Waals surface area (Å²) in [6, 6.07) is 0.251. The van der Waals surface area contributed by atoms with E-state index < -0.39 is 0 Å². The predicted octanol–water partition coefficient (Wildman–Crippen LogP) is 1.25. The summed E-state index contributed by atoms with van der Waals surface area (Å²) < 4.78 is 0. The summed E-state index contributed by atoms with van der Waals surface area (Å²) in [5.41, 5.74) is 5.67. The molecule has 0 radical (unpaired) electrons. The van der Waals surface area contributed by atoms with Gasteiger partial charge in [-0.3, -0.25) is 9.59 Å². The first-order valence-electron chi connectivity index (χ1n) is 7.85. The fourth-order valence-corrected chi connectivity index (χ4v) is 3.38. The molecule has 2 aliphatic heterocycles. The summed E-state index contributed by atoms with van der Waals surface area (Å²) in [5.74, 6) is 0.587. The summed E-state index contributed by atoms with van der Waals surface area (Å²) in [4.78, 5) is 28.4. The Bertz CT molecular complexity index is 378. The molecule has 2 aliphatic rings. The van der Waals surface area contributed by atoms with Crippen LogP contribution in [0, 0.1) is 11.8 Å². The largest absolute Gasteiger partial charge is 0.342 e. The van der Waals surface area contributed by atoms with Gasteiger partial charge in [0.05, 0.1) is 5.92 Å². The zero-order valence-electron chi connectivity index (χ0n) is 13.1. The Morgan fingerprint density at radius 3 is 2.71 bits per heavy atom. The first kappa shape index (κ1) is 18.2. The Labute approximate surface area is 133 Å². The van der Waals surface area contributed by atoms with Crippen LogP contribution in [0.5, 0.6) is 0 Å². The van der Waals surface area contributed by atoms with Gasteiger partial charge in [-0.15, -0.1) is 12.4 Å². The van der Waals surface area contributed by atoms with Crippen LogP contribution in [-0.2, 0) is 9.59 Å². The molecular formula is C15H28ClN3O2. The van der Waals surface area contributed by atoms with Crippen LogP contribution in [0.4, 0.5) is 0 Å². The molecule has 2 heterocycles. The highest BCUT2D eigenvalue weighted by molar-refractivity contribution is 5.89. The van der Waals surface area contributed by atoms with E-state index in [4.69, 9.17) is 5.73 Å². The van der Waals surface area contributed by atoms with Crippen LogP contribution in [0.15, 0.2) is 0 Å². The first-order chi connectivity index (χ1) is 9.56. The van der Waals surface area contributed by atoms with E-state index in [2.05, 4.69) is 13.8 Å². The van der Waals surface area contributed by atoms with Gasteiger partial charge in [-0.05, 0) is 32.2 Å². The molecule has 122 valence electrons. The van der Waals surface area contributed by atoms with Crippen LogP contribution in [0.1, 0.15) is 39.5 Å². The van der Waals surface area contributed by atoms with Crippen molar-refractivity contribution in [3.63, 3.8) is 0 Å². The molecule has 0 aromatic carbocycles. The number of hydrogen-bond donors (Lipinski definition) is 1. The van der Waals surface area contributed by atoms with Gasteiger partial charge in [-0.1, -0.05) is 13.3 Å². The number of hydrogen-bond acceptors (Lipinski definition) is 3. The normalized spacial score (nSPS) is 26.9. The molecule has 6 heteroatoms. The molecule has 5 nitrogen and oxygen atoms in total. The second-order valence-corrected chi connectivity index (χ2v) is 6.26. The minimum absolute atomic E-state index is 0. The minimum atomic E-state index is -0.140. The third kappa shape index (κ3) is 4.10. The van der Waals surface area contributed by atoms with Gasteiger partial charge in [-0.25, -0.2) is 0 Å². The minimum Gasteiger partial charge on any atom is -0.342 e. The lowest BCUT2D eigenvalue weighted by Gasteiger charge is -2.25. The van der Waals surface area contributed by atoms with Crippen molar-refractivity contribution in [1.29, 1.82) is 0 Å².